The molecule has 0 aromatic heterocycles. The van der Waals surface area contributed by atoms with Crippen LogP contribution in [-0.2, 0) is 18.8 Å². The molecule has 18 heavy (non-hydrogen) atoms. The van der Waals surface area contributed by atoms with Gasteiger partial charge in [0.15, 0.2) is 0 Å². The van der Waals surface area contributed by atoms with Gasteiger partial charge in [0, 0.05) is 30.6 Å². The van der Waals surface area contributed by atoms with Gasteiger partial charge in [-0.3, -0.25) is 9.68 Å². The van der Waals surface area contributed by atoms with Gasteiger partial charge in [-0.05, 0) is 19.1 Å². The first-order chi connectivity index (χ1) is 8.56. The summed E-state index contributed by atoms with van der Waals surface area (Å²) in [6.07, 6.45) is -0.0929. The van der Waals surface area contributed by atoms with Crippen LogP contribution in [0.1, 0.15) is 26.7 Å². The first-order valence-corrected chi connectivity index (χ1v) is 6.82. The maximum atomic E-state index is 10.9. The normalized spacial score (nSPS) is 13.1. The predicted molar refractivity (Wildman–Crippen MR) is 62.1 cm³/mol. The molecule has 0 amide bonds. The minimum absolute atomic E-state index is 0.0464. The number of hydroxylamine groups is 2. The number of aliphatic hydroxyl groups is 2. The molecule has 0 saturated carbocycles. The Bertz CT molecular complexity index is 229. The smallest absolute Gasteiger partial charge is 0.396 e. The van der Waals surface area contributed by atoms with Crippen LogP contribution in [0.4, 0.5) is 0 Å². The molecule has 8 nitrogen and oxygen atoms in total. The molecule has 9 heteroatoms. The monoisotopic (exact) mass is 286 g/mol. The maximum absolute atomic E-state index is 10.9. The zero-order valence-corrected chi connectivity index (χ0v) is 11.5. The van der Waals surface area contributed by atoms with Crippen molar-refractivity contribution in [3.8, 4) is 0 Å². The van der Waals surface area contributed by atoms with Crippen LogP contribution in [0, 0.1) is 0 Å². The average molecular weight is 286 g/mol. The van der Waals surface area contributed by atoms with Crippen LogP contribution in [-0.4, -0.2) is 52.5 Å². The first-order valence-electron chi connectivity index (χ1n) is 5.69. The average Bonchev–Trinajstić information content (AvgIpc) is 2.28. The van der Waals surface area contributed by atoms with E-state index < -0.39 is 14.0 Å². The standard InChI is InChI=1S/C9H20NO7P/c1-3-15-10(16-4-2)9(5-7-11,6-8-12)17-18(13)14/h11-12H,3-8H2,1-2H3/p+1. The highest BCUT2D eigenvalue weighted by molar-refractivity contribution is 7.32. The van der Waals surface area contributed by atoms with Crippen molar-refractivity contribution in [3.63, 3.8) is 0 Å². The molecule has 0 aromatic rings. The highest BCUT2D eigenvalue weighted by Gasteiger charge is 2.47. The number of nitrogens with zero attached hydrogens (tertiary/aromatic N) is 1. The van der Waals surface area contributed by atoms with E-state index in [2.05, 4.69) is 0 Å². The lowest BCUT2D eigenvalue weighted by molar-refractivity contribution is -0.448. The Labute approximate surface area is 107 Å². The summed E-state index contributed by atoms with van der Waals surface area (Å²) in [6.45, 7) is 3.25. The molecule has 108 valence electrons. The fourth-order valence-corrected chi connectivity index (χ4v) is 1.97. The lowest BCUT2D eigenvalue weighted by atomic mass is 10.1. The molecule has 0 aliphatic heterocycles. The molecule has 0 rings (SSSR count). The zero-order valence-electron chi connectivity index (χ0n) is 10.6. The van der Waals surface area contributed by atoms with Crippen LogP contribution in [0.2, 0.25) is 0 Å². The zero-order chi connectivity index (χ0) is 14.0. The molecule has 0 aromatic carbocycles. The second kappa shape index (κ2) is 9.71. The molecule has 0 radical (unpaired) electrons. The van der Waals surface area contributed by atoms with Gasteiger partial charge in [0.25, 0.3) is 0 Å². The molecule has 0 bridgehead atoms. The van der Waals surface area contributed by atoms with E-state index in [0.29, 0.717) is 0 Å². The van der Waals surface area contributed by atoms with E-state index in [1.54, 1.807) is 13.8 Å². The summed E-state index contributed by atoms with van der Waals surface area (Å²) in [5.41, 5.74) is -1.50. The fraction of sp³-hybridized carbons (Fsp3) is 1.00. The summed E-state index contributed by atoms with van der Waals surface area (Å²) in [4.78, 5) is 19.3. The number of rotatable bonds is 11. The summed E-state index contributed by atoms with van der Waals surface area (Å²) < 4.78 is 15.8. The number of aliphatic hydroxyl groups excluding tert-OH is 2. The summed E-state index contributed by atoms with van der Waals surface area (Å²) in [6, 6.07) is 0. The van der Waals surface area contributed by atoms with Crippen molar-refractivity contribution >= 4 is 8.25 Å². The van der Waals surface area contributed by atoms with Crippen molar-refractivity contribution in [2.75, 3.05) is 26.4 Å². The molecule has 3 N–H and O–H groups in total. The number of hydrogen-bond donors (Lipinski definition) is 3. The van der Waals surface area contributed by atoms with Crippen LogP contribution in [0.3, 0.4) is 0 Å². The summed E-state index contributed by atoms with van der Waals surface area (Å²) >= 11 is 0. The van der Waals surface area contributed by atoms with Crippen LogP contribution in [0.15, 0.2) is 0 Å². The van der Waals surface area contributed by atoms with Gasteiger partial charge in [-0.15, -0.1) is 4.89 Å². The Kier molecular flexibility index (Phi) is 9.61. The molecule has 0 aliphatic rings. The van der Waals surface area contributed by atoms with Gasteiger partial charge in [-0.25, -0.2) is 0 Å². The van der Waals surface area contributed by atoms with Crippen LogP contribution in [0.5, 0.6) is 0 Å². The molecule has 0 aliphatic carbocycles. The predicted octanol–water partition coefficient (Wildman–Crippen LogP) is 0.319. The van der Waals surface area contributed by atoms with Gasteiger partial charge in [0.05, 0.1) is 13.2 Å². The van der Waals surface area contributed by atoms with E-state index in [-0.39, 0.29) is 39.3 Å². The van der Waals surface area contributed by atoms with Crippen molar-refractivity contribution in [3.05, 3.63) is 0 Å². The van der Waals surface area contributed by atoms with Gasteiger partial charge >= 0.3 is 8.25 Å². The van der Waals surface area contributed by atoms with Crippen molar-refractivity contribution in [2.24, 2.45) is 0 Å². The molecular formula is C9H21NO7P+. The minimum Gasteiger partial charge on any atom is -0.396 e. The third-order valence-electron chi connectivity index (χ3n) is 2.08. The van der Waals surface area contributed by atoms with Crippen LogP contribution in [0.25, 0.3) is 0 Å². The number of hydrogen-bond acceptors (Lipinski definition) is 7. The molecule has 1 atom stereocenters. The minimum atomic E-state index is -2.94. The van der Waals surface area contributed by atoms with Crippen LogP contribution < -0.4 is 0 Å². The topological polar surface area (TPSA) is 109 Å². The van der Waals surface area contributed by atoms with Gasteiger partial charge in [-0.1, -0.05) is 4.52 Å². The van der Waals surface area contributed by atoms with Crippen molar-refractivity contribution in [2.45, 2.75) is 32.4 Å². The van der Waals surface area contributed by atoms with Gasteiger partial charge < -0.3 is 10.2 Å². The van der Waals surface area contributed by atoms with E-state index in [4.69, 9.17) is 29.3 Å². The Morgan fingerprint density at radius 2 is 1.56 bits per heavy atom. The molecule has 1 unspecified atom stereocenters. The van der Waals surface area contributed by atoms with Crippen molar-refractivity contribution in [1.29, 1.82) is 0 Å². The fourth-order valence-electron chi connectivity index (χ4n) is 1.43. The summed E-state index contributed by atoms with van der Waals surface area (Å²) in [5, 5.41) is 19.0. The lowest BCUT2D eigenvalue weighted by Crippen LogP contribution is -2.51. The third-order valence-corrected chi connectivity index (χ3v) is 2.57. The van der Waals surface area contributed by atoms with E-state index in [9.17, 15) is 4.57 Å². The molecule has 0 saturated heterocycles. The van der Waals surface area contributed by atoms with E-state index in [0.717, 1.165) is 5.23 Å². The van der Waals surface area contributed by atoms with Gasteiger partial charge in [0.2, 0.25) is 5.72 Å². The summed E-state index contributed by atoms with van der Waals surface area (Å²) in [5.74, 6) is 0. The van der Waals surface area contributed by atoms with Crippen LogP contribution >= 0.6 is 8.25 Å². The van der Waals surface area contributed by atoms with Gasteiger partial charge in [0.1, 0.15) is 0 Å². The Hall–Kier alpha value is -0.180. The first kappa shape index (κ1) is 17.8. The molecular weight excluding hydrogens is 265 g/mol. The molecule has 0 fully saturated rings. The van der Waals surface area contributed by atoms with E-state index in [1.807, 2.05) is 0 Å². The second-order valence-electron chi connectivity index (χ2n) is 3.32. The summed E-state index contributed by atoms with van der Waals surface area (Å²) in [7, 11) is -2.94. The van der Waals surface area contributed by atoms with Crippen molar-refractivity contribution < 1.29 is 33.9 Å². The lowest BCUT2D eigenvalue weighted by Gasteiger charge is -2.35. The van der Waals surface area contributed by atoms with E-state index >= 15 is 0 Å². The Balaban J connectivity index is 5.09. The highest BCUT2D eigenvalue weighted by atomic mass is 31.1. The Morgan fingerprint density at radius 1 is 1.11 bits per heavy atom. The Morgan fingerprint density at radius 3 is 1.83 bits per heavy atom. The third kappa shape index (κ3) is 5.64. The molecule has 0 spiro atoms. The molecule has 0 heterocycles. The SMILES string of the molecule is CCON(OCC)C(CCO)(CCO)O[P+](=O)O. The second-order valence-corrected chi connectivity index (χ2v) is 3.97. The quantitative estimate of drug-likeness (QED) is 0.283. The largest absolute Gasteiger partial charge is 0.696 e. The maximum Gasteiger partial charge on any atom is 0.696 e. The highest BCUT2D eigenvalue weighted by Crippen LogP contribution is 2.35. The van der Waals surface area contributed by atoms with Gasteiger partial charge in [-0.2, -0.15) is 0 Å². The van der Waals surface area contributed by atoms with E-state index in [1.165, 1.54) is 0 Å². The van der Waals surface area contributed by atoms with Crippen molar-refractivity contribution in [1.82, 2.24) is 5.23 Å².